The number of anilines is 1. The predicted molar refractivity (Wildman–Crippen MR) is 84.4 cm³/mol. The van der Waals surface area contributed by atoms with Gasteiger partial charge in [0.1, 0.15) is 23.4 Å². The molecule has 1 saturated heterocycles. The molecule has 134 valence electrons. The fraction of sp³-hybridized carbons (Fsp3) is 0.500. The lowest BCUT2D eigenvalue weighted by molar-refractivity contribution is -0.141. The fourth-order valence-electron chi connectivity index (χ4n) is 2.73. The zero-order valence-electron chi connectivity index (χ0n) is 13.9. The number of alkyl halides is 3. The van der Waals surface area contributed by atoms with Gasteiger partial charge in [0.05, 0.1) is 11.9 Å². The summed E-state index contributed by atoms with van der Waals surface area (Å²) in [4.78, 5) is 17.7. The van der Waals surface area contributed by atoms with E-state index in [0.717, 1.165) is 11.8 Å². The molecule has 0 unspecified atom stereocenters. The van der Waals surface area contributed by atoms with Crippen molar-refractivity contribution >= 4 is 5.82 Å². The monoisotopic (exact) mass is 353 g/mol. The summed E-state index contributed by atoms with van der Waals surface area (Å²) >= 11 is 0. The molecular weight excluding hydrogens is 335 g/mol. The third-order valence-electron chi connectivity index (χ3n) is 3.90. The zero-order valence-corrected chi connectivity index (χ0v) is 13.9. The maximum atomic E-state index is 12.9. The van der Waals surface area contributed by atoms with Crippen molar-refractivity contribution < 1.29 is 17.9 Å². The number of halogens is 3. The van der Waals surface area contributed by atoms with Crippen molar-refractivity contribution in [1.29, 1.82) is 0 Å². The average Bonchev–Trinajstić information content (AvgIpc) is 2.54. The summed E-state index contributed by atoms with van der Waals surface area (Å²) in [6, 6.07) is 1.00. The summed E-state index contributed by atoms with van der Waals surface area (Å²) in [7, 11) is 0. The average molecular weight is 353 g/mol. The van der Waals surface area contributed by atoms with E-state index in [2.05, 4.69) is 19.9 Å². The van der Waals surface area contributed by atoms with Crippen LogP contribution in [-0.2, 0) is 6.18 Å². The molecule has 1 aliphatic rings. The third kappa shape index (κ3) is 4.34. The lowest BCUT2D eigenvalue weighted by Crippen LogP contribution is -2.39. The molecule has 6 nitrogen and oxygen atoms in total. The molecule has 25 heavy (non-hydrogen) atoms. The Morgan fingerprint density at radius 1 is 1.08 bits per heavy atom. The van der Waals surface area contributed by atoms with Gasteiger partial charge < -0.3 is 9.64 Å². The summed E-state index contributed by atoms with van der Waals surface area (Å²) < 4.78 is 44.5. The quantitative estimate of drug-likeness (QED) is 0.845. The SMILES string of the molecule is Cc1cncc(OC2CCN(c3cc(C(F)(F)F)nc(C)n3)CC2)n1. The van der Waals surface area contributed by atoms with Crippen molar-refractivity contribution in [3.8, 4) is 5.88 Å². The highest BCUT2D eigenvalue weighted by molar-refractivity contribution is 5.41. The normalized spacial score (nSPS) is 16.1. The lowest BCUT2D eigenvalue weighted by atomic mass is 10.1. The Balaban J connectivity index is 1.65. The molecule has 0 spiro atoms. The minimum atomic E-state index is -4.48. The van der Waals surface area contributed by atoms with E-state index < -0.39 is 11.9 Å². The van der Waals surface area contributed by atoms with Gasteiger partial charge in [-0.25, -0.2) is 15.0 Å². The predicted octanol–water partition coefficient (Wildman–Crippen LogP) is 2.95. The molecule has 3 rings (SSSR count). The third-order valence-corrected chi connectivity index (χ3v) is 3.90. The van der Waals surface area contributed by atoms with Gasteiger partial charge >= 0.3 is 6.18 Å². The van der Waals surface area contributed by atoms with Gasteiger partial charge in [0.15, 0.2) is 0 Å². The topological polar surface area (TPSA) is 64.0 Å². The number of aromatic nitrogens is 4. The second kappa shape index (κ2) is 6.81. The summed E-state index contributed by atoms with van der Waals surface area (Å²) in [5.74, 6) is 0.877. The number of hydrogen-bond donors (Lipinski definition) is 0. The van der Waals surface area contributed by atoms with E-state index in [0.29, 0.717) is 37.6 Å². The fourth-order valence-corrected chi connectivity index (χ4v) is 2.73. The number of ether oxygens (including phenoxy) is 1. The van der Waals surface area contributed by atoms with E-state index in [1.54, 1.807) is 12.4 Å². The molecule has 0 N–H and O–H groups in total. The smallest absolute Gasteiger partial charge is 0.433 e. The van der Waals surface area contributed by atoms with Crippen LogP contribution in [-0.4, -0.2) is 39.1 Å². The number of hydrogen-bond acceptors (Lipinski definition) is 6. The summed E-state index contributed by atoms with van der Waals surface area (Å²) in [6.07, 6.45) is 0.0131. The molecule has 1 fully saturated rings. The van der Waals surface area contributed by atoms with Crippen molar-refractivity contribution in [1.82, 2.24) is 19.9 Å². The Morgan fingerprint density at radius 2 is 1.80 bits per heavy atom. The van der Waals surface area contributed by atoms with Crippen LogP contribution < -0.4 is 9.64 Å². The number of nitrogens with zero attached hydrogens (tertiary/aromatic N) is 5. The van der Waals surface area contributed by atoms with Crippen molar-refractivity contribution in [3.63, 3.8) is 0 Å². The van der Waals surface area contributed by atoms with Gasteiger partial charge in [-0.1, -0.05) is 0 Å². The van der Waals surface area contributed by atoms with Crippen molar-refractivity contribution in [2.75, 3.05) is 18.0 Å². The van der Waals surface area contributed by atoms with E-state index in [1.165, 1.54) is 6.92 Å². The van der Waals surface area contributed by atoms with Gasteiger partial charge in [0, 0.05) is 38.2 Å². The van der Waals surface area contributed by atoms with Crippen LogP contribution in [0.15, 0.2) is 18.5 Å². The molecular formula is C16H18F3N5O. The molecule has 0 bridgehead atoms. The molecule has 0 atom stereocenters. The second-order valence-corrected chi connectivity index (χ2v) is 5.96. The first-order valence-corrected chi connectivity index (χ1v) is 7.94. The van der Waals surface area contributed by atoms with Crippen LogP contribution in [0.1, 0.15) is 30.1 Å². The van der Waals surface area contributed by atoms with Gasteiger partial charge in [-0.05, 0) is 13.8 Å². The highest BCUT2D eigenvalue weighted by Crippen LogP contribution is 2.30. The van der Waals surface area contributed by atoms with Crippen LogP contribution in [0.3, 0.4) is 0 Å². The summed E-state index contributed by atoms with van der Waals surface area (Å²) in [5, 5.41) is 0. The van der Waals surface area contributed by atoms with E-state index in [-0.39, 0.29) is 11.9 Å². The molecule has 0 aliphatic carbocycles. The number of piperidine rings is 1. The standard InChI is InChI=1S/C16H18F3N5O/c1-10-8-20-9-15(21-10)25-12-3-5-24(6-4-12)14-7-13(16(17,18)19)22-11(2)23-14/h7-9,12H,3-6H2,1-2H3. The molecule has 0 saturated carbocycles. The van der Waals surface area contributed by atoms with E-state index in [4.69, 9.17) is 4.74 Å². The van der Waals surface area contributed by atoms with Gasteiger partial charge in [-0.15, -0.1) is 0 Å². The van der Waals surface area contributed by atoms with Crippen molar-refractivity contribution in [3.05, 3.63) is 35.7 Å². The van der Waals surface area contributed by atoms with Gasteiger partial charge in [-0.3, -0.25) is 4.98 Å². The van der Waals surface area contributed by atoms with Crippen LogP contribution in [0.2, 0.25) is 0 Å². The Kier molecular flexibility index (Phi) is 4.73. The minimum Gasteiger partial charge on any atom is -0.473 e. The maximum absolute atomic E-state index is 12.9. The first-order chi connectivity index (χ1) is 11.8. The highest BCUT2D eigenvalue weighted by atomic mass is 19.4. The van der Waals surface area contributed by atoms with Crippen LogP contribution in [0, 0.1) is 13.8 Å². The largest absolute Gasteiger partial charge is 0.473 e. The lowest BCUT2D eigenvalue weighted by Gasteiger charge is -2.32. The molecule has 9 heteroatoms. The van der Waals surface area contributed by atoms with Gasteiger partial charge in [0.2, 0.25) is 5.88 Å². The molecule has 0 radical (unpaired) electrons. The highest BCUT2D eigenvalue weighted by Gasteiger charge is 2.34. The van der Waals surface area contributed by atoms with E-state index >= 15 is 0 Å². The Bertz CT molecular complexity index is 745. The summed E-state index contributed by atoms with van der Waals surface area (Å²) in [5.41, 5.74) is -0.144. The first-order valence-electron chi connectivity index (χ1n) is 7.94. The van der Waals surface area contributed by atoms with Gasteiger partial charge in [-0.2, -0.15) is 13.2 Å². The van der Waals surface area contributed by atoms with Crippen LogP contribution in [0.5, 0.6) is 5.88 Å². The maximum Gasteiger partial charge on any atom is 0.433 e. The van der Waals surface area contributed by atoms with E-state index in [1.807, 2.05) is 11.8 Å². The molecule has 3 heterocycles. The number of rotatable bonds is 3. The summed E-state index contributed by atoms with van der Waals surface area (Å²) in [6.45, 7) is 4.40. The van der Waals surface area contributed by atoms with Crippen LogP contribution in [0.4, 0.5) is 19.0 Å². The molecule has 0 amide bonds. The Morgan fingerprint density at radius 3 is 2.44 bits per heavy atom. The minimum absolute atomic E-state index is 0.0441. The molecule has 1 aliphatic heterocycles. The van der Waals surface area contributed by atoms with Crippen LogP contribution in [0.25, 0.3) is 0 Å². The zero-order chi connectivity index (χ0) is 18.0. The molecule has 2 aromatic heterocycles. The number of aryl methyl sites for hydroxylation is 2. The first kappa shape index (κ1) is 17.4. The van der Waals surface area contributed by atoms with Gasteiger partial charge in [0.25, 0.3) is 0 Å². The van der Waals surface area contributed by atoms with Crippen molar-refractivity contribution in [2.45, 2.75) is 39.0 Å². The van der Waals surface area contributed by atoms with Crippen molar-refractivity contribution in [2.24, 2.45) is 0 Å². The van der Waals surface area contributed by atoms with E-state index in [9.17, 15) is 13.2 Å². The van der Waals surface area contributed by atoms with Crippen LogP contribution >= 0.6 is 0 Å². The molecule has 0 aromatic carbocycles. The molecule has 2 aromatic rings. The Hall–Kier alpha value is -2.45. The second-order valence-electron chi connectivity index (χ2n) is 5.96. The Labute approximate surface area is 143 Å².